The first-order valence-corrected chi connectivity index (χ1v) is 10.6. The van der Waals surface area contributed by atoms with E-state index in [1.165, 1.54) is 15.3 Å². The fourth-order valence-electron chi connectivity index (χ4n) is 2.39. The van der Waals surface area contributed by atoms with E-state index in [-0.39, 0.29) is 5.91 Å². The third kappa shape index (κ3) is 4.54. The molecule has 0 bridgehead atoms. The van der Waals surface area contributed by atoms with Gasteiger partial charge in [-0.3, -0.25) is 9.69 Å². The molecule has 8 heteroatoms. The van der Waals surface area contributed by atoms with E-state index < -0.39 is 0 Å². The van der Waals surface area contributed by atoms with E-state index in [4.69, 9.17) is 35.4 Å². The van der Waals surface area contributed by atoms with Crippen LogP contribution in [0.2, 0.25) is 10.0 Å². The lowest BCUT2D eigenvalue weighted by atomic mass is 10.2. The van der Waals surface area contributed by atoms with E-state index in [1.807, 2.05) is 19.1 Å². The fraction of sp³-hybridized carbons (Fsp3) is 0.111. The highest BCUT2D eigenvalue weighted by molar-refractivity contribution is 14.1. The van der Waals surface area contributed by atoms with E-state index in [0.29, 0.717) is 25.9 Å². The Morgan fingerprint density at radius 3 is 2.73 bits per heavy atom. The molecule has 1 N–H and O–H groups in total. The molecule has 1 aliphatic rings. The summed E-state index contributed by atoms with van der Waals surface area (Å²) in [6.07, 6.45) is 1.74. The topological polar surface area (TPSA) is 32.3 Å². The van der Waals surface area contributed by atoms with Crippen LogP contribution in [-0.2, 0) is 4.79 Å². The summed E-state index contributed by atoms with van der Waals surface area (Å²) in [6, 6.07) is 11.3. The Hall–Kier alpha value is -0.800. The molecule has 1 amide bonds. The standard InChI is InChI=1S/C18H13Cl2IN2OS2/c1-10-6-13(21)4-5-15(10)22-9-23-17(24)16(26-18(23)25)7-11-2-3-12(19)8-14(11)20/h2-8,22H,9H2,1H3. The Balaban J connectivity index is 1.75. The molecule has 1 fully saturated rings. The maximum Gasteiger partial charge on any atom is 0.267 e. The minimum absolute atomic E-state index is 0.137. The van der Waals surface area contributed by atoms with Crippen LogP contribution in [0.5, 0.6) is 0 Å². The molecule has 2 aromatic carbocycles. The number of nitrogens with zero attached hydrogens (tertiary/aromatic N) is 1. The highest BCUT2D eigenvalue weighted by atomic mass is 127. The van der Waals surface area contributed by atoms with Crippen molar-refractivity contribution in [3.8, 4) is 0 Å². The Morgan fingerprint density at radius 1 is 1.27 bits per heavy atom. The number of thioether (sulfide) groups is 1. The lowest BCUT2D eigenvalue weighted by molar-refractivity contribution is -0.121. The summed E-state index contributed by atoms with van der Waals surface area (Å²) in [5.41, 5.74) is 2.83. The molecule has 26 heavy (non-hydrogen) atoms. The molecule has 1 aliphatic heterocycles. The van der Waals surface area contributed by atoms with E-state index in [1.54, 1.807) is 29.2 Å². The first-order valence-electron chi connectivity index (χ1n) is 7.55. The molecule has 0 aliphatic carbocycles. The van der Waals surface area contributed by atoms with Crippen LogP contribution in [0.15, 0.2) is 41.3 Å². The molecule has 1 saturated heterocycles. The molecule has 1 heterocycles. The first kappa shape index (κ1) is 19.9. The van der Waals surface area contributed by atoms with E-state index in [2.05, 4.69) is 34.0 Å². The quantitative estimate of drug-likeness (QED) is 0.288. The fourth-order valence-corrected chi connectivity index (χ4v) is 4.74. The van der Waals surface area contributed by atoms with Crippen LogP contribution in [0.4, 0.5) is 5.69 Å². The second-order valence-corrected chi connectivity index (χ2v) is 9.33. The summed E-state index contributed by atoms with van der Waals surface area (Å²) in [6.45, 7) is 2.34. The predicted octanol–water partition coefficient (Wildman–Crippen LogP) is 6.18. The van der Waals surface area contributed by atoms with Crippen molar-refractivity contribution in [3.63, 3.8) is 0 Å². The van der Waals surface area contributed by atoms with Crippen molar-refractivity contribution in [1.82, 2.24) is 4.90 Å². The Bertz CT molecular complexity index is 933. The minimum atomic E-state index is -0.137. The number of nitrogens with one attached hydrogen (secondary N) is 1. The summed E-state index contributed by atoms with van der Waals surface area (Å²) in [5, 5.41) is 4.32. The number of hydrogen-bond acceptors (Lipinski definition) is 4. The number of hydrogen-bond donors (Lipinski definition) is 1. The third-order valence-electron chi connectivity index (χ3n) is 3.74. The van der Waals surface area contributed by atoms with Crippen molar-refractivity contribution >= 4 is 91.8 Å². The van der Waals surface area contributed by atoms with Crippen molar-refractivity contribution in [3.05, 3.63) is 66.0 Å². The molecule has 0 radical (unpaired) electrons. The average molecular weight is 535 g/mol. The zero-order chi connectivity index (χ0) is 18.8. The molecular weight excluding hydrogens is 522 g/mol. The Labute approximate surface area is 185 Å². The summed E-state index contributed by atoms with van der Waals surface area (Å²) < 4.78 is 1.68. The predicted molar refractivity (Wildman–Crippen MR) is 124 cm³/mol. The lowest BCUT2D eigenvalue weighted by Gasteiger charge is -2.17. The number of aryl methyl sites for hydroxylation is 1. The van der Waals surface area contributed by atoms with Crippen molar-refractivity contribution in [2.45, 2.75) is 6.92 Å². The SMILES string of the molecule is Cc1cc(I)ccc1NCN1C(=O)C(=Cc2ccc(Cl)cc2Cl)SC1=S. The summed E-state index contributed by atoms with van der Waals surface area (Å²) in [4.78, 5) is 14.8. The molecule has 0 unspecified atom stereocenters. The van der Waals surface area contributed by atoms with Gasteiger partial charge in [-0.1, -0.05) is 53.2 Å². The average Bonchev–Trinajstić information content (AvgIpc) is 2.83. The normalized spacial score (nSPS) is 15.8. The highest BCUT2D eigenvalue weighted by Gasteiger charge is 2.32. The van der Waals surface area contributed by atoms with Crippen LogP contribution in [0.25, 0.3) is 6.08 Å². The van der Waals surface area contributed by atoms with Gasteiger partial charge in [0.2, 0.25) is 0 Å². The van der Waals surface area contributed by atoms with Gasteiger partial charge in [0.25, 0.3) is 5.91 Å². The van der Waals surface area contributed by atoms with Crippen LogP contribution in [0.3, 0.4) is 0 Å². The number of rotatable bonds is 4. The van der Waals surface area contributed by atoms with Gasteiger partial charge >= 0.3 is 0 Å². The molecule has 0 saturated carbocycles. The van der Waals surface area contributed by atoms with Gasteiger partial charge in [-0.05, 0) is 77.0 Å². The van der Waals surface area contributed by atoms with Crippen molar-refractivity contribution < 1.29 is 4.79 Å². The molecule has 3 nitrogen and oxygen atoms in total. The monoisotopic (exact) mass is 534 g/mol. The van der Waals surface area contributed by atoms with Crippen LogP contribution in [0.1, 0.15) is 11.1 Å². The van der Waals surface area contributed by atoms with E-state index in [9.17, 15) is 4.79 Å². The van der Waals surface area contributed by atoms with Crippen LogP contribution in [0, 0.1) is 10.5 Å². The second kappa shape index (κ2) is 8.48. The van der Waals surface area contributed by atoms with Gasteiger partial charge in [0, 0.05) is 19.3 Å². The Kier molecular flexibility index (Phi) is 6.50. The zero-order valence-electron chi connectivity index (χ0n) is 13.6. The number of benzene rings is 2. The summed E-state index contributed by atoms with van der Waals surface area (Å²) in [5.74, 6) is -0.137. The van der Waals surface area contributed by atoms with Gasteiger partial charge in [0.1, 0.15) is 4.32 Å². The van der Waals surface area contributed by atoms with Crippen LogP contribution < -0.4 is 5.32 Å². The smallest absolute Gasteiger partial charge is 0.267 e. The zero-order valence-corrected chi connectivity index (χ0v) is 18.9. The van der Waals surface area contributed by atoms with Crippen LogP contribution in [-0.4, -0.2) is 21.8 Å². The van der Waals surface area contributed by atoms with Crippen LogP contribution >= 0.6 is 69.8 Å². The molecule has 0 atom stereocenters. The third-order valence-corrected chi connectivity index (χ3v) is 6.35. The number of thiocarbonyl (C=S) groups is 1. The molecule has 2 aromatic rings. The van der Waals surface area contributed by atoms with Gasteiger partial charge in [0.05, 0.1) is 11.6 Å². The molecular formula is C18H13Cl2IN2OS2. The second-order valence-electron chi connectivity index (χ2n) is 5.57. The maximum absolute atomic E-state index is 12.7. The van der Waals surface area contributed by atoms with Gasteiger partial charge in [0.15, 0.2) is 0 Å². The van der Waals surface area contributed by atoms with E-state index >= 15 is 0 Å². The largest absolute Gasteiger partial charge is 0.367 e. The molecule has 3 rings (SSSR count). The molecule has 0 spiro atoms. The number of amides is 1. The van der Waals surface area contributed by atoms with Gasteiger partial charge < -0.3 is 5.32 Å². The van der Waals surface area contributed by atoms with Gasteiger partial charge in [-0.15, -0.1) is 0 Å². The number of carbonyl (C=O) groups is 1. The van der Waals surface area contributed by atoms with Gasteiger partial charge in [-0.25, -0.2) is 0 Å². The first-order chi connectivity index (χ1) is 12.3. The van der Waals surface area contributed by atoms with Crippen molar-refractivity contribution in [2.24, 2.45) is 0 Å². The van der Waals surface area contributed by atoms with Gasteiger partial charge in [-0.2, -0.15) is 0 Å². The van der Waals surface area contributed by atoms with Crippen molar-refractivity contribution in [1.29, 1.82) is 0 Å². The number of anilines is 1. The Morgan fingerprint density at radius 2 is 2.04 bits per heavy atom. The lowest BCUT2D eigenvalue weighted by Crippen LogP contribution is -2.33. The van der Waals surface area contributed by atoms with E-state index in [0.717, 1.165) is 16.8 Å². The maximum atomic E-state index is 12.7. The minimum Gasteiger partial charge on any atom is -0.367 e. The number of halogens is 3. The molecule has 134 valence electrons. The molecule has 0 aromatic heterocycles. The summed E-state index contributed by atoms with van der Waals surface area (Å²) in [7, 11) is 0. The number of carbonyl (C=O) groups excluding carboxylic acids is 1. The summed E-state index contributed by atoms with van der Waals surface area (Å²) >= 11 is 21.0. The van der Waals surface area contributed by atoms with Crippen molar-refractivity contribution in [2.75, 3.05) is 12.0 Å². The highest BCUT2D eigenvalue weighted by Crippen LogP contribution is 2.34.